The molecular formula is C21H27FN2O3S2. The topological polar surface area (TPSA) is 58.6 Å². The Morgan fingerprint density at radius 2 is 1.93 bits per heavy atom. The van der Waals surface area contributed by atoms with Crippen LogP contribution < -0.4 is 9.46 Å². The second kappa shape index (κ2) is 9.93. The Morgan fingerprint density at radius 3 is 2.59 bits per heavy atom. The summed E-state index contributed by atoms with van der Waals surface area (Å²) in [4.78, 5) is 3.63. The lowest BCUT2D eigenvalue weighted by atomic mass is 9.97. The lowest BCUT2D eigenvalue weighted by molar-refractivity contribution is 0.177. The summed E-state index contributed by atoms with van der Waals surface area (Å²) in [6, 6.07) is 12.1. The molecule has 0 aliphatic carbocycles. The summed E-state index contributed by atoms with van der Waals surface area (Å²) in [5.41, 5.74) is 1.33. The Balaban J connectivity index is 1.51. The van der Waals surface area contributed by atoms with Crippen molar-refractivity contribution in [3.05, 3.63) is 53.8 Å². The molecule has 1 saturated heterocycles. The van der Waals surface area contributed by atoms with E-state index in [0.717, 1.165) is 38.5 Å². The van der Waals surface area contributed by atoms with E-state index >= 15 is 0 Å². The van der Waals surface area contributed by atoms with Crippen LogP contribution in [0.25, 0.3) is 0 Å². The molecule has 1 heterocycles. The van der Waals surface area contributed by atoms with E-state index in [2.05, 4.69) is 40.1 Å². The number of sulfonamides is 1. The van der Waals surface area contributed by atoms with E-state index in [9.17, 15) is 12.8 Å². The van der Waals surface area contributed by atoms with Crippen LogP contribution in [0.5, 0.6) is 5.75 Å². The van der Waals surface area contributed by atoms with Gasteiger partial charge in [-0.2, -0.15) is 0 Å². The van der Waals surface area contributed by atoms with E-state index in [4.69, 9.17) is 4.74 Å². The van der Waals surface area contributed by atoms with E-state index in [1.54, 1.807) is 11.8 Å². The second-order valence-corrected chi connectivity index (χ2v) is 9.79. The number of nitrogens with one attached hydrogen (secondary N) is 1. The first-order chi connectivity index (χ1) is 13.9. The number of hydrogen-bond acceptors (Lipinski definition) is 5. The third kappa shape index (κ3) is 5.72. The van der Waals surface area contributed by atoms with Gasteiger partial charge in [-0.05, 0) is 67.9 Å². The van der Waals surface area contributed by atoms with Gasteiger partial charge in [0.05, 0.1) is 12.0 Å². The number of ether oxygens (including phenoxy) is 1. The van der Waals surface area contributed by atoms with Gasteiger partial charge >= 0.3 is 0 Å². The number of nitrogens with zero attached hydrogens (tertiary/aromatic N) is 1. The van der Waals surface area contributed by atoms with Crippen LogP contribution in [0.3, 0.4) is 0 Å². The largest absolute Gasteiger partial charge is 0.494 e. The number of likely N-dealkylation sites (tertiary alicyclic amines) is 1. The molecular weight excluding hydrogens is 411 g/mol. The minimum Gasteiger partial charge on any atom is -0.494 e. The molecule has 29 heavy (non-hydrogen) atoms. The van der Waals surface area contributed by atoms with Crippen LogP contribution in [0.1, 0.15) is 18.4 Å². The van der Waals surface area contributed by atoms with Crippen molar-refractivity contribution in [1.82, 2.24) is 9.62 Å². The van der Waals surface area contributed by atoms with Crippen molar-refractivity contribution in [2.24, 2.45) is 5.92 Å². The van der Waals surface area contributed by atoms with Gasteiger partial charge in [0, 0.05) is 18.0 Å². The molecule has 1 fully saturated rings. The van der Waals surface area contributed by atoms with Gasteiger partial charge in [-0.3, -0.25) is 4.90 Å². The number of rotatable bonds is 8. The molecule has 0 bridgehead atoms. The number of benzene rings is 2. The maximum absolute atomic E-state index is 13.8. The number of halogens is 1. The summed E-state index contributed by atoms with van der Waals surface area (Å²) in [5.74, 6) is -0.381. The molecule has 5 nitrogen and oxygen atoms in total. The Labute approximate surface area is 176 Å². The van der Waals surface area contributed by atoms with Gasteiger partial charge < -0.3 is 4.74 Å². The molecule has 0 amide bonds. The number of methoxy groups -OCH3 is 1. The molecule has 0 radical (unpaired) electrons. The van der Waals surface area contributed by atoms with Gasteiger partial charge in [-0.15, -0.1) is 11.8 Å². The highest BCUT2D eigenvalue weighted by Gasteiger charge is 2.23. The zero-order valence-corrected chi connectivity index (χ0v) is 18.4. The van der Waals surface area contributed by atoms with Gasteiger partial charge in [0.1, 0.15) is 0 Å². The lowest BCUT2D eigenvalue weighted by Gasteiger charge is -2.32. The van der Waals surface area contributed by atoms with Crippen LogP contribution in [0.15, 0.2) is 52.3 Å². The standard InChI is InChI=1S/C21H27FN2O3S2/c1-27-20-8-7-18(13-19(20)22)29(25,26)23-14-16-9-11-24(12-10-16)15-17-5-3-4-6-21(17)28-2/h3-8,13,16,23H,9-12,14-15H2,1-2H3. The van der Waals surface area contributed by atoms with Gasteiger partial charge in [0.25, 0.3) is 0 Å². The predicted octanol–water partition coefficient (Wildman–Crippen LogP) is 3.75. The van der Waals surface area contributed by atoms with Gasteiger partial charge in [0.2, 0.25) is 10.0 Å². The summed E-state index contributed by atoms with van der Waals surface area (Å²) >= 11 is 1.76. The average molecular weight is 439 g/mol. The Bertz CT molecular complexity index is 929. The van der Waals surface area contributed by atoms with E-state index in [1.807, 2.05) is 0 Å². The van der Waals surface area contributed by atoms with Crippen molar-refractivity contribution in [1.29, 1.82) is 0 Å². The third-order valence-electron chi connectivity index (χ3n) is 5.29. The van der Waals surface area contributed by atoms with Crippen LogP contribution in [-0.2, 0) is 16.6 Å². The van der Waals surface area contributed by atoms with Crippen molar-refractivity contribution < 1.29 is 17.5 Å². The van der Waals surface area contributed by atoms with Crippen LogP contribution in [0.4, 0.5) is 4.39 Å². The number of hydrogen-bond donors (Lipinski definition) is 1. The number of thioether (sulfide) groups is 1. The van der Waals surface area contributed by atoms with E-state index in [0.29, 0.717) is 6.54 Å². The third-order valence-corrected chi connectivity index (χ3v) is 7.55. The maximum atomic E-state index is 13.8. The SMILES string of the molecule is COc1ccc(S(=O)(=O)NCC2CCN(Cc3ccccc3SC)CC2)cc1F. The highest BCUT2D eigenvalue weighted by Crippen LogP contribution is 2.25. The average Bonchev–Trinajstić information content (AvgIpc) is 2.73. The quantitative estimate of drug-likeness (QED) is 0.636. The van der Waals surface area contributed by atoms with Crippen LogP contribution in [0, 0.1) is 11.7 Å². The van der Waals surface area contributed by atoms with E-state index in [-0.39, 0.29) is 16.6 Å². The fraction of sp³-hybridized carbons (Fsp3) is 0.429. The molecule has 0 unspecified atom stereocenters. The molecule has 8 heteroatoms. The molecule has 0 atom stereocenters. The lowest BCUT2D eigenvalue weighted by Crippen LogP contribution is -2.38. The molecule has 2 aromatic rings. The van der Waals surface area contributed by atoms with Crippen LogP contribution >= 0.6 is 11.8 Å². The summed E-state index contributed by atoms with van der Waals surface area (Å²) in [6.45, 7) is 3.16. The fourth-order valence-corrected chi connectivity index (χ4v) is 5.29. The minimum atomic E-state index is -3.74. The van der Waals surface area contributed by atoms with E-state index in [1.165, 1.54) is 29.7 Å². The molecule has 3 rings (SSSR count). The molecule has 0 saturated carbocycles. The van der Waals surface area contributed by atoms with Crippen molar-refractivity contribution >= 4 is 21.8 Å². The summed E-state index contributed by atoms with van der Waals surface area (Å²) < 4.78 is 46.2. The molecule has 158 valence electrons. The first-order valence-corrected chi connectivity index (χ1v) is 12.3. The van der Waals surface area contributed by atoms with Gasteiger partial charge in [-0.25, -0.2) is 17.5 Å². The molecule has 0 aromatic heterocycles. The summed E-state index contributed by atoms with van der Waals surface area (Å²) in [6.07, 6.45) is 3.95. The predicted molar refractivity (Wildman–Crippen MR) is 114 cm³/mol. The van der Waals surface area contributed by atoms with E-state index < -0.39 is 15.8 Å². The molecule has 0 spiro atoms. The smallest absolute Gasteiger partial charge is 0.240 e. The minimum absolute atomic E-state index is 0.0272. The molecule has 1 aliphatic heterocycles. The summed E-state index contributed by atoms with van der Waals surface area (Å²) in [5, 5.41) is 0. The highest BCUT2D eigenvalue weighted by atomic mass is 32.2. The Hall–Kier alpha value is -1.61. The van der Waals surface area contributed by atoms with Crippen LogP contribution in [0.2, 0.25) is 0 Å². The first kappa shape index (κ1) is 22.1. The maximum Gasteiger partial charge on any atom is 0.240 e. The van der Waals surface area contributed by atoms with Gasteiger partial charge in [0.15, 0.2) is 11.6 Å². The van der Waals surface area contributed by atoms with Crippen LogP contribution in [-0.4, -0.2) is 46.3 Å². The zero-order chi connectivity index (χ0) is 20.9. The van der Waals surface area contributed by atoms with Crippen molar-refractivity contribution in [3.8, 4) is 5.75 Å². The van der Waals surface area contributed by atoms with Crippen molar-refractivity contribution in [3.63, 3.8) is 0 Å². The second-order valence-electron chi connectivity index (χ2n) is 7.18. The molecule has 1 aliphatic rings. The highest BCUT2D eigenvalue weighted by molar-refractivity contribution is 7.98. The van der Waals surface area contributed by atoms with Crippen molar-refractivity contribution in [2.75, 3.05) is 33.0 Å². The van der Waals surface area contributed by atoms with Gasteiger partial charge in [-0.1, -0.05) is 18.2 Å². The fourth-order valence-electron chi connectivity index (χ4n) is 3.55. The normalized spacial score (nSPS) is 16.1. The number of piperidine rings is 1. The first-order valence-electron chi connectivity index (χ1n) is 9.60. The molecule has 1 N–H and O–H groups in total. The zero-order valence-electron chi connectivity index (χ0n) is 16.7. The molecule has 2 aromatic carbocycles. The summed E-state index contributed by atoms with van der Waals surface area (Å²) in [7, 11) is -2.40. The van der Waals surface area contributed by atoms with Crippen molar-refractivity contribution in [2.45, 2.75) is 29.2 Å². The Morgan fingerprint density at radius 1 is 1.21 bits per heavy atom. The monoisotopic (exact) mass is 438 g/mol. The Kier molecular flexibility index (Phi) is 7.56.